The average Bonchev–Trinajstić information content (AvgIpc) is 2.90. The lowest BCUT2D eigenvalue weighted by Crippen LogP contribution is -2.38. The van der Waals surface area contributed by atoms with Crippen molar-refractivity contribution < 1.29 is 9.59 Å². The molecule has 0 radical (unpaired) electrons. The highest BCUT2D eigenvalue weighted by Crippen LogP contribution is 2.31. The van der Waals surface area contributed by atoms with E-state index < -0.39 is 0 Å². The van der Waals surface area contributed by atoms with Gasteiger partial charge in [0.1, 0.15) is 0 Å². The van der Waals surface area contributed by atoms with Crippen LogP contribution < -0.4 is 10.6 Å². The van der Waals surface area contributed by atoms with Gasteiger partial charge < -0.3 is 10.2 Å². The molecule has 1 aromatic rings. The molecule has 0 saturated carbocycles. The summed E-state index contributed by atoms with van der Waals surface area (Å²) in [6.45, 7) is 3.65. The third-order valence-corrected chi connectivity index (χ3v) is 4.08. The molecule has 2 N–H and O–H groups in total. The molecular formula is C18H23N3O2. The summed E-state index contributed by atoms with van der Waals surface area (Å²) in [7, 11) is 0. The summed E-state index contributed by atoms with van der Waals surface area (Å²) in [5.41, 5.74) is 1.07. The normalized spacial score (nSPS) is 18.5. The van der Waals surface area contributed by atoms with Crippen LogP contribution in [0.1, 0.15) is 24.9 Å². The lowest BCUT2D eigenvalue weighted by atomic mass is 9.91. The van der Waals surface area contributed by atoms with Gasteiger partial charge in [-0.05, 0) is 12.0 Å². The van der Waals surface area contributed by atoms with Gasteiger partial charge in [0, 0.05) is 32.6 Å². The van der Waals surface area contributed by atoms with Crippen LogP contribution in [0.25, 0.3) is 0 Å². The molecule has 0 unspecified atom stereocenters. The summed E-state index contributed by atoms with van der Waals surface area (Å²) >= 11 is 0. The van der Waals surface area contributed by atoms with Crippen molar-refractivity contribution in [3.05, 3.63) is 35.9 Å². The lowest BCUT2D eigenvalue weighted by Gasteiger charge is -2.24. The van der Waals surface area contributed by atoms with Crippen LogP contribution in [0, 0.1) is 18.3 Å². The summed E-state index contributed by atoms with van der Waals surface area (Å²) in [5.74, 6) is 2.50. The fourth-order valence-electron chi connectivity index (χ4n) is 2.98. The van der Waals surface area contributed by atoms with Crippen molar-refractivity contribution in [3.63, 3.8) is 0 Å². The van der Waals surface area contributed by atoms with Gasteiger partial charge in [-0.25, -0.2) is 0 Å². The van der Waals surface area contributed by atoms with E-state index in [0.29, 0.717) is 26.2 Å². The quantitative estimate of drug-likeness (QED) is 0.736. The van der Waals surface area contributed by atoms with E-state index in [1.54, 1.807) is 0 Å². The number of terminal acetylenes is 1. The van der Waals surface area contributed by atoms with E-state index in [1.807, 2.05) is 35.2 Å². The standard InChI is InChI=1S/C18H23N3O2/c1-3-10-20-17(15-7-5-4-6-8-15)16-9-12-21(18(16)23)13-11-19-14(2)22/h1,4-8,16-17,20H,9-13H2,2H3,(H,19,22)/t16-,17-/m0/s1. The zero-order chi connectivity index (χ0) is 16.7. The molecule has 1 fully saturated rings. The number of amides is 2. The molecule has 23 heavy (non-hydrogen) atoms. The number of hydrogen-bond acceptors (Lipinski definition) is 3. The molecule has 2 rings (SSSR count). The zero-order valence-corrected chi connectivity index (χ0v) is 13.4. The Bertz CT molecular complexity index is 580. The Morgan fingerprint density at radius 2 is 2.17 bits per heavy atom. The van der Waals surface area contributed by atoms with Crippen molar-refractivity contribution in [2.45, 2.75) is 19.4 Å². The van der Waals surface area contributed by atoms with Gasteiger partial charge in [-0.3, -0.25) is 14.9 Å². The van der Waals surface area contributed by atoms with Crippen LogP contribution in [-0.4, -0.2) is 42.9 Å². The van der Waals surface area contributed by atoms with Gasteiger partial charge in [-0.2, -0.15) is 0 Å². The van der Waals surface area contributed by atoms with E-state index in [4.69, 9.17) is 6.42 Å². The van der Waals surface area contributed by atoms with Crippen molar-refractivity contribution >= 4 is 11.8 Å². The number of hydrogen-bond donors (Lipinski definition) is 2. The van der Waals surface area contributed by atoms with E-state index in [9.17, 15) is 9.59 Å². The van der Waals surface area contributed by atoms with Crippen LogP contribution in [0.4, 0.5) is 0 Å². The van der Waals surface area contributed by atoms with Crippen LogP contribution in [0.2, 0.25) is 0 Å². The van der Waals surface area contributed by atoms with Crippen molar-refractivity contribution in [1.29, 1.82) is 0 Å². The molecule has 2 amide bonds. The molecule has 0 aliphatic carbocycles. The van der Waals surface area contributed by atoms with E-state index in [1.165, 1.54) is 6.92 Å². The molecule has 1 saturated heterocycles. The molecule has 122 valence electrons. The fraction of sp³-hybridized carbons (Fsp3) is 0.444. The van der Waals surface area contributed by atoms with E-state index in [-0.39, 0.29) is 23.8 Å². The first kappa shape index (κ1) is 17.0. The number of likely N-dealkylation sites (tertiary alicyclic amines) is 1. The molecule has 1 aromatic carbocycles. The topological polar surface area (TPSA) is 61.4 Å². The van der Waals surface area contributed by atoms with Crippen molar-refractivity contribution in [1.82, 2.24) is 15.5 Å². The summed E-state index contributed by atoms with van der Waals surface area (Å²) in [6, 6.07) is 9.84. The second-order valence-electron chi connectivity index (χ2n) is 5.68. The van der Waals surface area contributed by atoms with Crippen LogP contribution in [0.15, 0.2) is 30.3 Å². The fourth-order valence-corrected chi connectivity index (χ4v) is 2.98. The van der Waals surface area contributed by atoms with Gasteiger partial charge >= 0.3 is 0 Å². The Morgan fingerprint density at radius 3 is 2.83 bits per heavy atom. The Hall–Kier alpha value is -2.32. The van der Waals surface area contributed by atoms with Crippen molar-refractivity contribution in [2.75, 3.05) is 26.2 Å². The maximum atomic E-state index is 12.7. The van der Waals surface area contributed by atoms with Gasteiger partial charge in [-0.1, -0.05) is 36.3 Å². The summed E-state index contributed by atoms with van der Waals surface area (Å²) in [4.78, 5) is 25.4. The number of carbonyl (C=O) groups excluding carboxylic acids is 2. The largest absolute Gasteiger partial charge is 0.355 e. The molecule has 0 bridgehead atoms. The Kier molecular flexibility index (Phi) is 6.19. The lowest BCUT2D eigenvalue weighted by molar-refractivity contribution is -0.132. The highest BCUT2D eigenvalue weighted by Gasteiger charge is 2.37. The first-order valence-electron chi connectivity index (χ1n) is 7.88. The van der Waals surface area contributed by atoms with Crippen molar-refractivity contribution in [3.8, 4) is 12.3 Å². The number of nitrogens with zero attached hydrogens (tertiary/aromatic N) is 1. The minimum Gasteiger partial charge on any atom is -0.355 e. The maximum Gasteiger partial charge on any atom is 0.227 e. The average molecular weight is 313 g/mol. The highest BCUT2D eigenvalue weighted by molar-refractivity contribution is 5.82. The summed E-state index contributed by atoms with van der Waals surface area (Å²) < 4.78 is 0. The predicted molar refractivity (Wildman–Crippen MR) is 89.4 cm³/mol. The van der Waals surface area contributed by atoms with Gasteiger partial charge in [0.05, 0.1) is 12.5 Å². The van der Waals surface area contributed by atoms with E-state index >= 15 is 0 Å². The molecule has 1 aliphatic rings. The van der Waals surface area contributed by atoms with Crippen LogP contribution >= 0.6 is 0 Å². The molecule has 1 aliphatic heterocycles. The maximum absolute atomic E-state index is 12.7. The van der Waals surface area contributed by atoms with Crippen LogP contribution in [0.5, 0.6) is 0 Å². The number of rotatable bonds is 7. The Balaban J connectivity index is 2.04. The number of carbonyl (C=O) groups is 2. The predicted octanol–water partition coefficient (Wildman–Crippen LogP) is 0.935. The SMILES string of the molecule is C#CCN[C@@H](c1ccccc1)[C@@H]1CCN(CCNC(C)=O)C1=O. The second-order valence-corrected chi connectivity index (χ2v) is 5.68. The molecule has 5 nitrogen and oxygen atoms in total. The number of benzene rings is 1. The van der Waals surface area contributed by atoms with Crippen LogP contribution in [-0.2, 0) is 9.59 Å². The van der Waals surface area contributed by atoms with Crippen molar-refractivity contribution in [2.24, 2.45) is 5.92 Å². The molecule has 2 atom stereocenters. The summed E-state index contributed by atoms with van der Waals surface area (Å²) in [5, 5.41) is 6.03. The second kappa shape index (κ2) is 8.35. The number of nitrogens with one attached hydrogen (secondary N) is 2. The summed E-state index contributed by atoms with van der Waals surface area (Å²) in [6.07, 6.45) is 6.15. The third kappa shape index (κ3) is 4.57. The van der Waals surface area contributed by atoms with E-state index in [2.05, 4.69) is 16.6 Å². The first-order chi connectivity index (χ1) is 11.1. The molecule has 0 aromatic heterocycles. The smallest absolute Gasteiger partial charge is 0.227 e. The van der Waals surface area contributed by atoms with Gasteiger partial charge in [0.25, 0.3) is 0 Å². The minimum absolute atomic E-state index is 0.0777. The minimum atomic E-state index is -0.122. The highest BCUT2D eigenvalue weighted by atomic mass is 16.2. The Morgan fingerprint density at radius 1 is 1.43 bits per heavy atom. The van der Waals surface area contributed by atoms with Crippen LogP contribution in [0.3, 0.4) is 0 Å². The Labute approximate surface area is 137 Å². The molecular weight excluding hydrogens is 290 g/mol. The molecule has 1 heterocycles. The molecule has 0 spiro atoms. The third-order valence-electron chi connectivity index (χ3n) is 4.08. The monoisotopic (exact) mass is 313 g/mol. The zero-order valence-electron chi connectivity index (χ0n) is 13.4. The van der Waals surface area contributed by atoms with Gasteiger partial charge in [-0.15, -0.1) is 6.42 Å². The first-order valence-corrected chi connectivity index (χ1v) is 7.88. The van der Waals surface area contributed by atoms with Gasteiger partial charge in [0.2, 0.25) is 11.8 Å². The van der Waals surface area contributed by atoms with Gasteiger partial charge in [0.15, 0.2) is 0 Å². The van der Waals surface area contributed by atoms with E-state index in [0.717, 1.165) is 12.0 Å². The molecule has 5 heteroatoms.